The van der Waals surface area contributed by atoms with E-state index in [-0.39, 0.29) is 17.9 Å². The number of carbonyl (C=O) groups is 2. The lowest BCUT2D eigenvalue weighted by atomic mass is 9.96. The number of halogens is 1. The van der Waals surface area contributed by atoms with Gasteiger partial charge in [-0.15, -0.1) is 0 Å². The minimum atomic E-state index is -0.212. The molecular formula is C15H20ClN3O3. The zero-order valence-corrected chi connectivity index (χ0v) is 13.4. The molecule has 1 heterocycles. The first kappa shape index (κ1) is 16.4. The van der Waals surface area contributed by atoms with E-state index in [2.05, 4.69) is 10.6 Å². The monoisotopic (exact) mass is 325 g/mol. The molecule has 0 saturated carbocycles. The summed E-state index contributed by atoms with van der Waals surface area (Å²) >= 11 is 5.95. The topological polar surface area (TPSA) is 70.7 Å². The highest BCUT2D eigenvalue weighted by molar-refractivity contribution is 6.31. The molecule has 1 aromatic carbocycles. The summed E-state index contributed by atoms with van der Waals surface area (Å²) in [7, 11) is 3.17. The van der Waals surface area contributed by atoms with Gasteiger partial charge in [0.25, 0.3) is 0 Å². The summed E-state index contributed by atoms with van der Waals surface area (Å²) in [6.45, 7) is 1.10. The van der Waals surface area contributed by atoms with Crippen molar-refractivity contribution in [3.05, 3.63) is 23.2 Å². The normalized spacial score (nSPS) is 15.3. The predicted molar refractivity (Wildman–Crippen MR) is 85.4 cm³/mol. The average molecular weight is 326 g/mol. The van der Waals surface area contributed by atoms with Gasteiger partial charge < -0.3 is 20.3 Å². The van der Waals surface area contributed by atoms with Crippen LogP contribution in [0.5, 0.6) is 5.75 Å². The molecule has 7 heteroatoms. The molecule has 1 saturated heterocycles. The van der Waals surface area contributed by atoms with Crippen molar-refractivity contribution in [2.45, 2.75) is 12.8 Å². The maximum atomic E-state index is 12.3. The highest BCUT2D eigenvalue weighted by atomic mass is 35.5. The van der Waals surface area contributed by atoms with Gasteiger partial charge in [-0.05, 0) is 31.0 Å². The highest BCUT2D eigenvalue weighted by Crippen LogP contribution is 2.28. The number of urea groups is 1. The number of nitrogens with one attached hydrogen (secondary N) is 2. The highest BCUT2D eigenvalue weighted by Gasteiger charge is 2.27. The third kappa shape index (κ3) is 3.82. The van der Waals surface area contributed by atoms with Gasteiger partial charge in [-0.2, -0.15) is 0 Å². The lowest BCUT2D eigenvalue weighted by Gasteiger charge is -2.31. The van der Waals surface area contributed by atoms with E-state index < -0.39 is 0 Å². The second kappa shape index (κ2) is 7.35. The SMILES string of the molecule is CNC(=O)C1CCN(C(=O)Nc2cc(Cl)ccc2OC)CC1. The molecule has 0 unspecified atom stereocenters. The largest absolute Gasteiger partial charge is 0.495 e. The Balaban J connectivity index is 1.96. The fraction of sp³-hybridized carbons (Fsp3) is 0.467. The number of likely N-dealkylation sites (tertiary alicyclic amines) is 1. The van der Waals surface area contributed by atoms with E-state index in [1.807, 2.05) is 0 Å². The van der Waals surface area contributed by atoms with Gasteiger partial charge in [0.15, 0.2) is 0 Å². The van der Waals surface area contributed by atoms with E-state index in [4.69, 9.17) is 16.3 Å². The second-order valence-electron chi connectivity index (χ2n) is 5.15. The first-order chi connectivity index (χ1) is 10.5. The molecular weight excluding hydrogens is 306 g/mol. The molecule has 6 nitrogen and oxygen atoms in total. The lowest BCUT2D eigenvalue weighted by molar-refractivity contribution is -0.125. The number of hydrogen-bond acceptors (Lipinski definition) is 3. The summed E-state index contributed by atoms with van der Waals surface area (Å²) in [6, 6.07) is 4.84. The second-order valence-corrected chi connectivity index (χ2v) is 5.59. The summed E-state index contributed by atoms with van der Waals surface area (Å²) < 4.78 is 5.21. The summed E-state index contributed by atoms with van der Waals surface area (Å²) in [5.74, 6) is 0.573. The Kier molecular flexibility index (Phi) is 5.49. The lowest BCUT2D eigenvalue weighted by Crippen LogP contribution is -2.44. The first-order valence-corrected chi connectivity index (χ1v) is 7.54. The molecule has 0 atom stereocenters. The molecule has 0 radical (unpaired) electrons. The summed E-state index contributed by atoms with van der Waals surface area (Å²) in [6.07, 6.45) is 1.33. The number of nitrogens with zero attached hydrogens (tertiary/aromatic N) is 1. The molecule has 0 aliphatic carbocycles. The number of rotatable bonds is 3. The molecule has 0 aromatic heterocycles. The Morgan fingerprint density at radius 1 is 1.32 bits per heavy atom. The quantitative estimate of drug-likeness (QED) is 0.896. The van der Waals surface area contributed by atoms with Crippen molar-refractivity contribution in [1.29, 1.82) is 0 Å². The number of piperidine rings is 1. The number of ether oxygens (including phenoxy) is 1. The van der Waals surface area contributed by atoms with E-state index >= 15 is 0 Å². The van der Waals surface area contributed by atoms with Crippen molar-refractivity contribution < 1.29 is 14.3 Å². The standard InChI is InChI=1S/C15H20ClN3O3/c1-17-14(20)10-5-7-19(8-6-10)15(21)18-12-9-11(16)3-4-13(12)22-2/h3-4,9-10H,5-8H2,1-2H3,(H,17,20)(H,18,21). The predicted octanol–water partition coefficient (Wildman–Crippen LogP) is 2.34. The van der Waals surface area contributed by atoms with Crippen LogP contribution < -0.4 is 15.4 Å². The van der Waals surface area contributed by atoms with Crippen molar-refractivity contribution >= 4 is 29.2 Å². The van der Waals surface area contributed by atoms with E-state index in [1.165, 1.54) is 7.11 Å². The Labute approximate surface area is 134 Å². The molecule has 1 fully saturated rings. The summed E-state index contributed by atoms with van der Waals surface area (Å²) in [4.78, 5) is 25.6. The van der Waals surface area contributed by atoms with Crippen LogP contribution >= 0.6 is 11.6 Å². The van der Waals surface area contributed by atoms with E-state index in [0.717, 1.165) is 0 Å². The van der Waals surface area contributed by atoms with Crippen LogP contribution in [0.4, 0.5) is 10.5 Å². The van der Waals surface area contributed by atoms with Crippen molar-refractivity contribution in [2.75, 3.05) is 32.6 Å². The van der Waals surface area contributed by atoms with Crippen LogP contribution in [0.2, 0.25) is 5.02 Å². The molecule has 3 amide bonds. The molecule has 1 aromatic rings. The zero-order chi connectivity index (χ0) is 16.1. The smallest absolute Gasteiger partial charge is 0.321 e. The Hall–Kier alpha value is -1.95. The Morgan fingerprint density at radius 2 is 2.00 bits per heavy atom. The number of anilines is 1. The molecule has 0 spiro atoms. The van der Waals surface area contributed by atoms with Crippen LogP contribution in [0.15, 0.2) is 18.2 Å². The fourth-order valence-electron chi connectivity index (χ4n) is 2.52. The van der Waals surface area contributed by atoms with Crippen LogP contribution in [-0.4, -0.2) is 44.1 Å². The number of amides is 3. The van der Waals surface area contributed by atoms with Gasteiger partial charge in [0, 0.05) is 31.1 Å². The number of benzene rings is 1. The van der Waals surface area contributed by atoms with E-state index in [0.29, 0.717) is 42.4 Å². The third-order valence-corrected chi connectivity index (χ3v) is 4.04. The zero-order valence-electron chi connectivity index (χ0n) is 12.7. The molecule has 0 bridgehead atoms. The van der Waals surface area contributed by atoms with Crippen LogP contribution in [0.1, 0.15) is 12.8 Å². The maximum Gasteiger partial charge on any atom is 0.321 e. The summed E-state index contributed by atoms with van der Waals surface area (Å²) in [5, 5.41) is 5.98. The van der Waals surface area contributed by atoms with Crippen LogP contribution in [0, 0.1) is 5.92 Å². The Bertz CT molecular complexity index is 557. The minimum Gasteiger partial charge on any atom is -0.495 e. The van der Waals surface area contributed by atoms with Gasteiger partial charge >= 0.3 is 6.03 Å². The molecule has 1 aliphatic heterocycles. The van der Waals surface area contributed by atoms with Gasteiger partial charge in [0.2, 0.25) is 5.91 Å². The van der Waals surface area contributed by atoms with Gasteiger partial charge in [-0.3, -0.25) is 4.79 Å². The number of hydrogen-bond donors (Lipinski definition) is 2. The van der Waals surface area contributed by atoms with E-state index in [9.17, 15) is 9.59 Å². The maximum absolute atomic E-state index is 12.3. The van der Waals surface area contributed by atoms with Crippen LogP contribution in [-0.2, 0) is 4.79 Å². The van der Waals surface area contributed by atoms with Crippen molar-refractivity contribution in [2.24, 2.45) is 5.92 Å². The molecule has 2 rings (SSSR count). The summed E-state index contributed by atoms with van der Waals surface area (Å²) in [5.41, 5.74) is 0.536. The van der Waals surface area contributed by atoms with Gasteiger partial charge in [-0.25, -0.2) is 4.79 Å². The van der Waals surface area contributed by atoms with Crippen molar-refractivity contribution in [3.63, 3.8) is 0 Å². The van der Waals surface area contributed by atoms with Gasteiger partial charge in [0.1, 0.15) is 5.75 Å². The minimum absolute atomic E-state index is 0.0187. The average Bonchev–Trinajstić information content (AvgIpc) is 2.54. The Morgan fingerprint density at radius 3 is 2.59 bits per heavy atom. The van der Waals surface area contributed by atoms with E-state index in [1.54, 1.807) is 30.1 Å². The molecule has 22 heavy (non-hydrogen) atoms. The third-order valence-electron chi connectivity index (χ3n) is 3.80. The molecule has 120 valence electrons. The molecule has 1 aliphatic rings. The molecule has 2 N–H and O–H groups in total. The van der Waals surface area contributed by atoms with Crippen LogP contribution in [0.3, 0.4) is 0 Å². The number of methoxy groups -OCH3 is 1. The van der Waals surface area contributed by atoms with Crippen molar-refractivity contribution in [3.8, 4) is 5.75 Å². The fourth-order valence-corrected chi connectivity index (χ4v) is 2.69. The van der Waals surface area contributed by atoms with Gasteiger partial charge in [-0.1, -0.05) is 11.6 Å². The van der Waals surface area contributed by atoms with Crippen molar-refractivity contribution in [1.82, 2.24) is 10.2 Å². The first-order valence-electron chi connectivity index (χ1n) is 7.16. The van der Waals surface area contributed by atoms with Gasteiger partial charge in [0.05, 0.1) is 12.8 Å². The van der Waals surface area contributed by atoms with Crippen LogP contribution in [0.25, 0.3) is 0 Å². The number of carbonyl (C=O) groups excluding carboxylic acids is 2.